The average molecular weight is 282 g/mol. The molecule has 0 bridgehead atoms. The van der Waals surface area contributed by atoms with E-state index in [-0.39, 0.29) is 17.8 Å². The van der Waals surface area contributed by atoms with Crippen LogP contribution in [0.15, 0.2) is 41.5 Å². The SMILES string of the molecule is C=C(Cn1ccccc1=O)NC(CC(=O)O)C(=O)CF. The van der Waals surface area contributed by atoms with E-state index in [1.807, 2.05) is 0 Å². The number of rotatable bonds is 8. The molecule has 1 aromatic rings. The number of allylic oxidation sites excluding steroid dienone is 1. The first-order chi connectivity index (χ1) is 9.43. The van der Waals surface area contributed by atoms with Crippen LogP contribution in [0.1, 0.15) is 6.42 Å². The summed E-state index contributed by atoms with van der Waals surface area (Å²) in [7, 11) is 0. The second-order valence-electron chi connectivity index (χ2n) is 4.17. The number of aliphatic carboxylic acids is 1. The number of carbonyl (C=O) groups is 2. The smallest absolute Gasteiger partial charge is 0.305 e. The molecule has 6 nitrogen and oxygen atoms in total. The van der Waals surface area contributed by atoms with Crippen LogP contribution in [0.5, 0.6) is 0 Å². The Morgan fingerprint density at radius 3 is 2.70 bits per heavy atom. The van der Waals surface area contributed by atoms with Crippen molar-refractivity contribution in [1.82, 2.24) is 9.88 Å². The second kappa shape index (κ2) is 7.22. The van der Waals surface area contributed by atoms with Gasteiger partial charge in [0.25, 0.3) is 5.56 Å². The number of carboxylic acids is 1. The third-order valence-electron chi connectivity index (χ3n) is 2.54. The Bertz CT molecular complexity index is 567. The van der Waals surface area contributed by atoms with E-state index in [4.69, 9.17) is 5.11 Å². The molecule has 0 fully saturated rings. The van der Waals surface area contributed by atoms with E-state index in [1.54, 1.807) is 12.1 Å². The molecule has 1 aromatic heterocycles. The lowest BCUT2D eigenvalue weighted by molar-refractivity contribution is -0.139. The molecule has 1 unspecified atom stereocenters. The van der Waals surface area contributed by atoms with Crippen molar-refractivity contribution in [3.63, 3.8) is 0 Å². The zero-order valence-electron chi connectivity index (χ0n) is 10.7. The first kappa shape index (κ1) is 15.6. The highest BCUT2D eigenvalue weighted by Gasteiger charge is 2.21. The summed E-state index contributed by atoms with van der Waals surface area (Å²) in [6.45, 7) is 2.42. The van der Waals surface area contributed by atoms with E-state index in [0.29, 0.717) is 0 Å². The molecule has 0 spiro atoms. The van der Waals surface area contributed by atoms with Gasteiger partial charge in [-0.3, -0.25) is 14.4 Å². The van der Waals surface area contributed by atoms with Crippen molar-refractivity contribution in [2.24, 2.45) is 0 Å². The van der Waals surface area contributed by atoms with Gasteiger partial charge in [0.1, 0.15) is 6.67 Å². The van der Waals surface area contributed by atoms with Crippen LogP contribution in [0.25, 0.3) is 0 Å². The van der Waals surface area contributed by atoms with Gasteiger partial charge in [0.05, 0.1) is 19.0 Å². The molecule has 1 heterocycles. The minimum atomic E-state index is -1.26. The normalized spacial score (nSPS) is 11.7. The number of carboxylic acid groups (broad SMARTS) is 1. The van der Waals surface area contributed by atoms with Crippen molar-refractivity contribution in [3.05, 3.63) is 47.0 Å². The summed E-state index contributed by atoms with van der Waals surface area (Å²) in [6, 6.07) is 3.39. The molecule has 0 saturated carbocycles. The van der Waals surface area contributed by atoms with E-state index in [9.17, 15) is 18.8 Å². The number of nitrogens with zero attached hydrogens (tertiary/aromatic N) is 1. The molecule has 0 aliphatic heterocycles. The lowest BCUT2D eigenvalue weighted by Crippen LogP contribution is -2.40. The molecule has 20 heavy (non-hydrogen) atoms. The number of pyridine rings is 1. The maximum Gasteiger partial charge on any atom is 0.305 e. The Labute approximate surface area is 114 Å². The van der Waals surface area contributed by atoms with Gasteiger partial charge in [-0.05, 0) is 6.07 Å². The molecule has 2 N–H and O–H groups in total. The molecule has 0 saturated heterocycles. The van der Waals surface area contributed by atoms with E-state index in [1.165, 1.54) is 16.8 Å². The quantitative estimate of drug-likeness (QED) is 0.717. The Balaban J connectivity index is 2.71. The van der Waals surface area contributed by atoms with Gasteiger partial charge in [0.2, 0.25) is 0 Å². The monoisotopic (exact) mass is 282 g/mol. The van der Waals surface area contributed by atoms with Gasteiger partial charge in [-0.15, -0.1) is 0 Å². The number of Topliss-reactive ketones (excluding diaryl/α,β-unsaturated/α-hetero) is 1. The van der Waals surface area contributed by atoms with Gasteiger partial charge in [0, 0.05) is 18.0 Å². The predicted octanol–water partition coefficient (Wildman–Crippen LogP) is 0.334. The standard InChI is InChI=1S/C13H15FN2O4/c1-9(8-16-5-3-2-4-12(16)18)15-10(6-13(19)20)11(17)7-14/h2-5,10,15H,1,6-8H2,(H,19,20). The van der Waals surface area contributed by atoms with Crippen LogP contribution in [0.3, 0.4) is 0 Å². The Kier molecular flexibility index (Phi) is 5.64. The van der Waals surface area contributed by atoms with Crippen LogP contribution in [0.2, 0.25) is 0 Å². The zero-order chi connectivity index (χ0) is 15.1. The van der Waals surface area contributed by atoms with E-state index in [2.05, 4.69) is 11.9 Å². The molecule has 0 aromatic carbocycles. The molecule has 1 rings (SSSR count). The predicted molar refractivity (Wildman–Crippen MR) is 70.0 cm³/mol. The molecular formula is C13H15FN2O4. The minimum Gasteiger partial charge on any atom is -0.481 e. The number of hydrogen-bond acceptors (Lipinski definition) is 4. The molecule has 0 amide bonds. The first-order valence-corrected chi connectivity index (χ1v) is 5.84. The van der Waals surface area contributed by atoms with Gasteiger partial charge in [0.15, 0.2) is 5.78 Å². The van der Waals surface area contributed by atoms with Gasteiger partial charge in [-0.1, -0.05) is 12.6 Å². The number of ketones is 1. The summed E-state index contributed by atoms with van der Waals surface area (Å²) in [5, 5.41) is 11.2. The summed E-state index contributed by atoms with van der Waals surface area (Å²) in [5.41, 5.74) is -0.00611. The maximum absolute atomic E-state index is 12.4. The van der Waals surface area contributed by atoms with Gasteiger partial charge < -0.3 is 15.0 Å². The number of alkyl halides is 1. The topological polar surface area (TPSA) is 88.4 Å². The van der Waals surface area contributed by atoms with Crippen LogP contribution < -0.4 is 10.9 Å². The van der Waals surface area contributed by atoms with Crippen LogP contribution in [0, 0.1) is 0 Å². The summed E-state index contributed by atoms with van der Waals surface area (Å²) < 4.78 is 13.7. The van der Waals surface area contributed by atoms with Crippen molar-refractivity contribution in [1.29, 1.82) is 0 Å². The number of carbonyl (C=O) groups excluding carboxylic acids is 1. The van der Waals surface area contributed by atoms with E-state index in [0.717, 1.165) is 0 Å². The molecule has 0 radical (unpaired) electrons. The van der Waals surface area contributed by atoms with Crippen LogP contribution in [-0.4, -0.2) is 34.1 Å². The fourth-order valence-electron chi connectivity index (χ4n) is 1.60. The van der Waals surface area contributed by atoms with Crippen LogP contribution >= 0.6 is 0 Å². The largest absolute Gasteiger partial charge is 0.481 e. The van der Waals surface area contributed by atoms with Crippen molar-refractivity contribution in [3.8, 4) is 0 Å². The fourth-order valence-corrected chi connectivity index (χ4v) is 1.60. The van der Waals surface area contributed by atoms with Gasteiger partial charge in [-0.25, -0.2) is 4.39 Å². The lowest BCUT2D eigenvalue weighted by atomic mass is 10.1. The Hall–Kier alpha value is -2.44. The number of hydrogen-bond donors (Lipinski definition) is 2. The molecule has 1 atom stereocenters. The highest BCUT2D eigenvalue weighted by Crippen LogP contribution is 2.01. The lowest BCUT2D eigenvalue weighted by Gasteiger charge is -2.18. The van der Waals surface area contributed by atoms with Gasteiger partial charge in [-0.2, -0.15) is 0 Å². The number of aromatic nitrogens is 1. The second-order valence-corrected chi connectivity index (χ2v) is 4.17. The highest BCUT2D eigenvalue weighted by atomic mass is 19.1. The average Bonchev–Trinajstić information content (AvgIpc) is 2.39. The summed E-state index contributed by atoms with van der Waals surface area (Å²) in [6.07, 6.45) is 0.976. The first-order valence-electron chi connectivity index (χ1n) is 5.84. The third-order valence-corrected chi connectivity index (χ3v) is 2.54. The zero-order valence-corrected chi connectivity index (χ0v) is 10.7. The van der Waals surface area contributed by atoms with Crippen molar-refractivity contribution in [2.75, 3.05) is 6.67 Å². The Morgan fingerprint density at radius 1 is 1.45 bits per heavy atom. The van der Waals surface area contributed by atoms with E-state index >= 15 is 0 Å². The number of halogens is 1. The summed E-state index contributed by atoms with van der Waals surface area (Å²) >= 11 is 0. The van der Waals surface area contributed by atoms with E-state index < -0.39 is 30.9 Å². The Morgan fingerprint density at radius 2 is 2.15 bits per heavy atom. The van der Waals surface area contributed by atoms with Crippen molar-refractivity contribution in [2.45, 2.75) is 19.0 Å². The molecule has 0 aliphatic carbocycles. The van der Waals surface area contributed by atoms with Crippen molar-refractivity contribution < 1.29 is 19.1 Å². The molecule has 108 valence electrons. The van der Waals surface area contributed by atoms with Crippen LogP contribution in [-0.2, 0) is 16.1 Å². The number of nitrogens with one attached hydrogen (secondary N) is 1. The highest BCUT2D eigenvalue weighted by molar-refractivity contribution is 5.88. The minimum absolute atomic E-state index is 0.0648. The molecule has 0 aliphatic rings. The van der Waals surface area contributed by atoms with Crippen LogP contribution in [0.4, 0.5) is 4.39 Å². The van der Waals surface area contributed by atoms with Gasteiger partial charge >= 0.3 is 5.97 Å². The molecule has 7 heteroatoms. The third kappa shape index (κ3) is 4.68. The maximum atomic E-state index is 12.4. The summed E-state index contributed by atoms with van der Waals surface area (Å²) in [4.78, 5) is 33.4. The molecular weight excluding hydrogens is 267 g/mol. The fraction of sp³-hybridized carbons (Fsp3) is 0.308. The summed E-state index contributed by atoms with van der Waals surface area (Å²) in [5.74, 6) is -2.09. The van der Waals surface area contributed by atoms with Crippen molar-refractivity contribution >= 4 is 11.8 Å².